The lowest BCUT2D eigenvalue weighted by Crippen LogP contribution is -2.41. The molecule has 0 aliphatic carbocycles. The first-order valence-electron chi connectivity index (χ1n) is 5.08. The average molecular weight is 225 g/mol. The molecule has 0 radical (unpaired) electrons. The van der Waals surface area contributed by atoms with Gasteiger partial charge in [-0.1, -0.05) is 13.8 Å². The molecule has 0 aliphatic rings. The third-order valence-corrected chi connectivity index (χ3v) is 2.06. The zero-order valence-electron chi connectivity index (χ0n) is 9.27. The summed E-state index contributed by atoms with van der Waals surface area (Å²) >= 11 is 0. The summed E-state index contributed by atoms with van der Waals surface area (Å²) in [5, 5.41) is 11.3. The number of carboxylic acids is 1. The second-order valence-corrected chi connectivity index (χ2v) is 3.97. The number of carboxylic acid groups (broad SMARTS) is 1. The molecule has 1 aromatic heterocycles. The molecule has 0 bridgehead atoms. The minimum absolute atomic E-state index is 0.120. The number of hydrogen-bond acceptors (Lipinski definition) is 3. The van der Waals surface area contributed by atoms with Crippen molar-refractivity contribution in [3.05, 3.63) is 24.2 Å². The van der Waals surface area contributed by atoms with Crippen molar-refractivity contribution >= 4 is 11.9 Å². The first-order valence-corrected chi connectivity index (χ1v) is 5.08. The molecule has 0 aliphatic heterocycles. The molecule has 0 saturated carbocycles. The van der Waals surface area contributed by atoms with Crippen LogP contribution in [0.25, 0.3) is 0 Å². The van der Waals surface area contributed by atoms with Gasteiger partial charge in [-0.05, 0) is 24.5 Å². The van der Waals surface area contributed by atoms with Gasteiger partial charge in [0, 0.05) is 0 Å². The Morgan fingerprint density at radius 3 is 2.62 bits per heavy atom. The summed E-state index contributed by atoms with van der Waals surface area (Å²) in [5.41, 5.74) is 0. The van der Waals surface area contributed by atoms with Crippen molar-refractivity contribution in [3.8, 4) is 0 Å². The highest BCUT2D eigenvalue weighted by molar-refractivity contribution is 5.94. The predicted octanol–water partition coefficient (Wildman–Crippen LogP) is 1.51. The van der Waals surface area contributed by atoms with Crippen molar-refractivity contribution in [2.24, 2.45) is 5.92 Å². The number of carbonyl (C=O) groups is 2. The molecule has 1 heterocycles. The van der Waals surface area contributed by atoms with E-state index in [1.165, 1.54) is 12.3 Å². The van der Waals surface area contributed by atoms with Gasteiger partial charge in [0.1, 0.15) is 6.04 Å². The van der Waals surface area contributed by atoms with Crippen molar-refractivity contribution in [3.63, 3.8) is 0 Å². The molecule has 1 amide bonds. The van der Waals surface area contributed by atoms with Gasteiger partial charge >= 0.3 is 5.97 Å². The zero-order chi connectivity index (χ0) is 12.1. The van der Waals surface area contributed by atoms with Crippen LogP contribution in [0.15, 0.2) is 22.8 Å². The topological polar surface area (TPSA) is 79.5 Å². The van der Waals surface area contributed by atoms with Crippen molar-refractivity contribution in [1.29, 1.82) is 0 Å². The molecule has 5 nitrogen and oxygen atoms in total. The van der Waals surface area contributed by atoms with E-state index in [0.29, 0.717) is 6.42 Å². The molecule has 1 atom stereocenters. The third-order valence-electron chi connectivity index (χ3n) is 2.06. The zero-order valence-corrected chi connectivity index (χ0v) is 9.27. The lowest BCUT2D eigenvalue weighted by Gasteiger charge is -2.15. The van der Waals surface area contributed by atoms with Crippen LogP contribution in [0.2, 0.25) is 0 Å². The van der Waals surface area contributed by atoms with E-state index in [9.17, 15) is 9.59 Å². The number of nitrogens with one attached hydrogen (secondary N) is 1. The number of rotatable bonds is 5. The first-order chi connectivity index (χ1) is 7.50. The summed E-state index contributed by atoms with van der Waals surface area (Å²) in [5.74, 6) is -1.22. The molecule has 0 aromatic carbocycles. The maximum atomic E-state index is 11.5. The second-order valence-electron chi connectivity index (χ2n) is 3.97. The van der Waals surface area contributed by atoms with Gasteiger partial charge in [0.2, 0.25) is 0 Å². The Hall–Kier alpha value is -1.78. The van der Waals surface area contributed by atoms with Crippen molar-refractivity contribution in [2.45, 2.75) is 26.3 Å². The summed E-state index contributed by atoms with van der Waals surface area (Å²) in [7, 11) is 0. The minimum Gasteiger partial charge on any atom is -0.480 e. The van der Waals surface area contributed by atoms with Crippen LogP contribution in [-0.2, 0) is 4.79 Å². The summed E-state index contributed by atoms with van der Waals surface area (Å²) in [6.45, 7) is 3.80. The van der Waals surface area contributed by atoms with Gasteiger partial charge < -0.3 is 14.8 Å². The molecule has 16 heavy (non-hydrogen) atoms. The first kappa shape index (κ1) is 12.3. The highest BCUT2D eigenvalue weighted by atomic mass is 16.4. The van der Waals surface area contributed by atoms with Gasteiger partial charge in [-0.15, -0.1) is 0 Å². The number of carbonyl (C=O) groups excluding carboxylic acids is 1. The second kappa shape index (κ2) is 5.34. The van der Waals surface area contributed by atoms with Gasteiger partial charge in [-0.3, -0.25) is 4.79 Å². The molecule has 5 heteroatoms. The van der Waals surface area contributed by atoms with Crippen molar-refractivity contribution in [1.82, 2.24) is 5.32 Å². The van der Waals surface area contributed by atoms with Crippen LogP contribution in [0.1, 0.15) is 30.8 Å². The molecule has 0 saturated heterocycles. The average Bonchev–Trinajstić information content (AvgIpc) is 2.68. The maximum Gasteiger partial charge on any atom is 0.326 e. The van der Waals surface area contributed by atoms with Crippen molar-refractivity contribution < 1.29 is 19.1 Å². The van der Waals surface area contributed by atoms with Crippen LogP contribution >= 0.6 is 0 Å². The Morgan fingerprint density at radius 1 is 1.50 bits per heavy atom. The lowest BCUT2D eigenvalue weighted by atomic mass is 10.0. The van der Waals surface area contributed by atoms with Crippen LogP contribution in [0.3, 0.4) is 0 Å². The van der Waals surface area contributed by atoms with E-state index in [-0.39, 0.29) is 11.7 Å². The number of amides is 1. The number of hydrogen-bond donors (Lipinski definition) is 2. The normalized spacial score (nSPS) is 12.4. The Morgan fingerprint density at radius 2 is 2.19 bits per heavy atom. The molecular weight excluding hydrogens is 210 g/mol. The van der Waals surface area contributed by atoms with Crippen LogP contribution in [0.5, 0.6) is 0 Å². The van der Waals surface area contributed by atoms with Gasteiger partial charge in [0.15, 0.2) is 5.76 Å². The Balaban J connectivity index is 2.62. The Kier molecular flexibility index (Phi) is 4.10. The standard InChI is InChI=1S/C11H15NO4/c1-7(2)6-8(11(14)15)12-10(13)9-4-3-5-16-9/h3-5,7-8H,6H2,1-2H3,(H,12,13)(H,14,15). The molecule has 0 spiro atoms. The van der Waals surface area contributed by atoms with Gasteiger partial charge in [0.25, 0.3) is 5.91 Å². The van der Waals surface area contributed by atoms with Crippen LogP contribution in [-0.4, -0.2) is 23.0 Å². The molecule has 1 aromatic rings. The Labute approximate surface area is 93.4 Å². The highest BCUT2D eigenvalue weighted by Crippen LogP contribution is 2.07. The summed E-state index contributed by atoms with van der Waals surface area (Å²) in [4.78, 5) is 22.4. The van der Waals surface area contributed by atoms with E-state index < -0.39 is 17.9 Å². The van der Waals surface area contributed by atoms with E-state index in [2.05, 4.69) is 5.32 Å². The van der Waals surface area contributed by atoms with E-state index in [4.69, 9.17) is 9.52 Å². The molecular formula is C11H15NO4. The summed E-state index contributed by atoms with van der Waals surface area (Å²) in [6, 6.07) is 2.19. The number of furan rings is 1. The van der Waals surface area contributed by atoms with Crippen LogP contribution in [0.4, 0.5) is 0 Å². The fraction of sp³-hybridized carbons (Fsp3) is 0.455. The van der Waals surface area contributed by atoms with Crippen molar-refractivity contribution in [2.75, 3.05) is 0 Å². The third kappa shape index (κ3) is 3.42. The maximum absolute atomic E-state index is 11.5. The highest BCUT2D eigenvalue weighted by Gasteiger charge is 2.22. The predicted molar refractivity (Wildman–Crippen MR) is 57.1 cm³/mol. The summed E-state index contributed by atoms with van der Waals surface area (Å²) in [6.07, 6.45) is 1.76. The molecule has 88 valence electrons. The van der Waals surface area contributed by atoms with Gasteiger partial charge in [0.05, 0.1) is 6.26 Å². The fourth-order valence-electron chi connectivity index (χ4n) is 1.33. The molecule has 2 N–H and O–H groups in total. The largest absolute Gasteiger partial charge is 0.480 e. The number of aliphatic carboxylic acids is 1. The van der Waals surface area contributed by atoms with E-state index in [1.807, 2.05) is 13.8 Å². The molecule has 1 rings (SSSR count). The monoisotopic (exact) mass is 225 g/mol. The van der Waals surface area contributed by atoms with Gasteiger partial charge in [-0.2, -0.15) is 0 Å². The molecule has 0 fully saturated rings. The van der Waals surface area contributed by atoms with Crippen LogP contribution in [0, 0.1) is 5.92 Å². The van der Waals surface area contributed by atoms with E-state index in [0.717, 1.165) is 0 Å². The summed E-state index contributed by atoms with van der Waals surface area (Å²) < 4.78 is 4.88. The quantitative estimate of drug-likeness (QED) is 0.796. The van der Waals surface area contributed by atoms with Gasteiger partial charge in [-0.25, -0.2) is 4.79 Å². The molecule has 1 unspecified atom stereocenters. The van der Waals surface area contributed by atoms with Crippen LogP contribution < -0.4 is 5.32 Å². The lowest BCUT2D eigenvalue weighted by molar-refractivity contribution is -0.139. The Bertz CT molecular complexity index is 356. The smallest absolute Gasteiger partial charge is 0.326 e. The van der Waals surface area contributed by atoms with E-state index >= 15 is 0 Å². The SMILES string of the molecule is CC(C)CC(NC(=O)c1ccco1)C(=O)O. The van der Waals surface area contributed by atoms with E-state index in [1.54, 1.807) is 6.07 Å². The fourth-order valence-corrected chi connectivity index (χ4v) is 1.33. The minimum atomic E-state index is -1.03.